The fourth-order valence-electron chi connectivity index (χ4n) is 4.16. The number of urea groups is 1. The predicted octanol–water partition coefficient (Wildman–Crippen LogP) is -0.906. The smallest absolute Gasteiger partial charge is 0.418 e. The van der Waals surface area contributed by atoms with Gasteiger partial charge >= 0.3 is 16.4 Å². The number of nitrogens with zero attached hydrogens (tertiary/aromatic N) is 5. The molecule has 0 radical (unpaired) electrons. The first-order chi connectivity index (χ1) is 12.8. The summed E-state index contributed by atoms with van der Waals surface area (Å²) >= 11 is 0. The van der Waals surface area contributed by atoms with Crippen LogP contribution in [0.4, 0.5) is 4.79 Å². The highest BCUT2D eigenvalue weighted by atomic mass is 32.3. The molecule has 1 spiro atoms. The van der Waals surface area contributed by atoms with Gasteiger partial charge in [-0.3, -0.25) is 9.55 Å². The van der Waals surface area contributed by atoms with Crippen molar-refractivity contribution in [2.75, 3.05) is 13.1 Å². The predicted molar refractivity (Wildman–Crippen MR) is 86.1 cm³/mol. The number of rotatable bonds is 4. The van der Waals surface area contributed by atoms with Crippen molar-refractivity contribution in [1.29, 1.82) is 0 Å². The molecule has 27 heavy (non-hydrogen) atoms. The van der Waals surface area contributed by atoms with Gasteiger partial charge in [-0.1, -0.05) is 0 Å². The molecule has 1 aromatic heterocycles. The average Bonchev–Trinajstić information content (AvgIpc) is 2.97. The minimum atomic E-state index is -4.80. The van der Waals surface area contributed by atoms with Crippen molar-refractivity contribution in [2.24, 2.45) is 16.1 Å². The Bertz CT molecular complexity index is 941. The third-order valence-corrected chi connectivity index (χ3v) is 5.99. The van der Waals surface area contributed by atoms with Gasteiger partial charge in [0, 0.05) is 6.54 Å². The summed E-state index contributed by atoms with van der Waals surface area (Å²) < 4.78 is 41.6. The maximum atomic E-state index is 12.7. The van der Waals surface area contributed by atoms with Crippen molar-refractivity contribution < 1.29 is 26.5 Å². The van der Waals surface area contributed by atoms with Crippen LogP contribution in [0.25, 0.3) is 0 Å². The summed E-state index contributed by atoms with van der Waals surface area (Å²) in [7, 11) is -4.80. The van der Waals surface area contributed by atoms with Crippen LogP contribution in [0.2, 0.25) is 0 Å². The quantitative estimate of drug-likeness (QED) is 0.537. The monoisotopic (exact) mass is 399 g/mol. The number of aliphatic imine (C=N–C) groups is 1. The van der Waals surface area contributed by atoms with Crippen molar-refractivity contribution in [3.8, 4) is 0 Å². The van der Waals surface area contributed by atoms with E-state index < -0.39 is 28.5 Å². The summed E-state index contributed by atoms with van der Waals surface area (Å²) in [5.41, 5.74) is 5.31. The summed E-state index contributed by atoms with van der Waals surface area (Å²) in [4.78, 5) is 18.1. The number of hydrogen-bond acceptors (Lipinski definition) is 10. The van der Waals surface area contributed by atoms with Gasteiger partial charge in [0.2, 0.25) is 11.8 Å². The average molecular weight is 399 g/mol. The first-order valence-electron chi connectivity index (χ1n) is 8.42. The number of amides is 2. The van der Waals surface area contributed by atoms with Gasteiger partial charge in [0.1, 0.15) is 12.1 Å². The molecule has 4 aliphatic rings. The Morgan fingerprint density at radius 3 is 2.70 bits per heavy atom. The summed E-state index contributed by atoms with van der Waals surface area (Å²) in [5, 5.41) is 11.8. The van der Waals surface area contributed by atoms with Crippen molar-refractivity contribution in [1.82, 2.24) is 25.5 Å². The van der Waals surface area contributed by atoms with Gasteiger partial charge in [-0.15, -0.1) is 14.5 Å². The highest BCUT2D eigenvalue weighted by molar-refractivity contribution is 7.80. The SMILES string of the molecule is NC1=NCC(c2nnc([C@@H]3CC4(CC4)[C@@H]4CN3C(=O)N4OS(=O)(=O)O)o2)N1. The fraction of sp³-hybridized carbons (Fsp3) is 0.692. The molecule has 5 rings (SSSR count). The maximum absolute atomic E-state index is 12.7. The number of hydroxylamine groups is 2. The van der Waals surface area contributed by atoms with Crippen LogP contribution in [-0.4, -0.2) is 64.3 Å². The largest absolute Gasteiger partial charge is 0.421 e. The Hall–Kier alpha value is -2.45. The number of piperidine rings is 1. The second-order valence-electron chi connectivity index (χ2n) is 7.26. The first-order valence-corrected chi connectivity index (χ1v) is 9.79. The minimum Gasteiger partial charge on any atom is -0.421 e. The van der Waals surface area contributed by atoms with Crippen LogP contribution in [0.15, 0.2) is 9.41 Å². The molecule has 0 aromatic carbocycles. The topological polar surface area (TPSA) is 176 Å². The lowest BCUT2D eigenvalue weighted by molar-refractivity contribution is -0.0530. The normalized spacial score (nSPS) is 31.4. The van der Waals surface area contributed by atoms with E-state index in [2.05, 4.69) is 24.8 Å². The van der Waals surface area contributed by atoms with E-state index in [0.717, 1.165) is 17.9 Å². The molecule has 1 aromatic rings. The molecular formula is C13H17N7O6S. The number of fused-ring (bicyclic) bond motifs is 3. The van der Waals surface area contributed by atoms with E-state index in [9.17, 15) is 13.2 Å². The fourth-order valence-corrected chi connectivity index (χ4v) is 4.53. The zero-order valence-electron chi connectivity index (χ0n) is 14.0. The van der Waals surface area contributed by atoms with Crippen molar-refractivity contribution in [3.63, 3.8) is 0 Å². The molecular weight excluding hydrogens is 382 g/mol. The number of nitrogens with two attached hydrogens (primary N) is 1. The van der Waals surface area contributed by atoms with Gasteiger partial charge in [0.15, 0.2) is 5.96 Å². The molecule has 1 aliphatic carbocycles. The summed E-state index contributed by atoms with van der Waals surface area (Å²) in [6.45, 7) is 0.636. The van der Waals surface area contributed by atoms with Crippen LogP contribution in [0.1, 0.15) is 43.1 Å². The van der Waals surface area contributed by atoms with Crippen molar-refractivity contribution in [3.05, 3.63) is 11.8 Å². The maximum Gasteiger partial charge on any atom is 0.418 e. The van der Waals surface area contributed by atoms with Gasteiger partial charge in [-0.05, 0) is 24.7 Å². The zero-order chi connectivity index (χ0) is 19.0. The molecule has 3 atom stereocenters. The van der Waals surface area contributed by atoms with E-state index >= 15 is 0 Å². The van der Waals surface area contributed by atoms with Gasteiger partial charge in [0.05, 0.1) is 12.6 Å². The summed E-state index contributed by atoms with van der Waals surface area (Å²) in [6.07, 6.45) is 2.18. The Balaban J connectivity index is 1.42. The highest BCUT2D eigenvalue weighted by Gasteiger charge is 2.65. The first kappa shape index (κ1) is 16.7. The lowest BCUT2D eigenvalue weighted by Gasteiger charge is -2.34. The van der Waals surface area contributed by atoms with Crippen LogP contribution in [0, 0.1) is 5.41 Å². The van der Waals surface area contributed by atoms with E-state index in [1.54, 1.807) is 0 Å². The zero-order valence-corrected chi connectivity index (χ0v) is 14.8. The lowest BCUT2D eigenvalue weighted by atomic mass is 9.85. The van der Waals surface area contributed by atoms with E-state index in [1.165, 1.54) is 4.90 Å². The molecule has 1 saturated carbocycles. The molecule has 146 valence electrons. The number of nitrogens with one attached hydrogen (secondary N) is 1. The number of carbonyl (C=O) groups excluding carboxylic acids is 1. The molecule has 4 heterocycles. The molecule has 1 unspecified atom stereocenters. The molecule has 4 N–H and O–H groups in total. The Kier molecular flexibility index (Phi) is 3.28. The number of guanidine groups is 1. The van der Waals surface area contributed by atoms with Gasteiger partial charge in [-0.25, -0.2) is 4.79 Å². The second-order valence-corrected chi connectivity index (χ2v) is 8.27. The lowest BCUT2D eigenvalue weighted by Crippen LogP contribution is -2.43. The van der Waals surface area contributed by atoms with Gasteiger partial charge < -0.3 is 20.4 Å². The molecule has 3 fully saturated rings. The van der Waals surface area contributed by atoms with Gasteiger partial charge in [-0.2, -0.15) is 13.5 Å². The Morgan fingerprint density at radius 2 is 2.07 bits per heavy atom. The standard InChI is InChI=1S/C13H17N7O6S/c14-11-15-4-6(16-11)9-17-18-10(25-9)7-3-13(1-2-13)8-5-19(7)12(21)20(8)26-27(22,23)24/h6-8H,1-5H2,(H3,14,15,16)(H,22,23,24)/t6?,7-,8-/m0/s1. The van der Waals surface area contributed by atoms with E-state index in [-0.39, 0.29) is 23.9 Å². The molecule has 2 bridgehead atoms. The number of hydrogen-bond donors (Lipinski definition) is 3. The van der Waals surface area contributed by atoms with E-state index in [4.69, 9.17) is 14.7 Å². The minimum absolute atomic E-state index is 0.258. The van der Waals surface area contributed by atoms with Crippen LogP contribution in [0.5, 0.6) is 0 Å². The van der Waals surface area contributed by atoms with Gasteiger partial charge in [0.25, 0.3) is 0 Å². The van der Waals surface area contributed by atoms with Crippen molar-refractivity contribution >= 4 is 22.4 Å². The highest BCUT2D eigenvalue weighted by Crippen LogP contribution is 2.61. The van der Waals surface area contributed by atoms with Crippen LogP contribution in [-0.2, 0) is 14.7 Å². The van der Waals surface area contributed by atoms with E-state index in [1.807, 2.05) is 0 Å². The number of carbonyl (C=O) groups is 1. The Morgan fingerprint density at radius 1 is 1.33 bits per heavy atom. The molecule has 13 nitrogen and oxygen atoms in total. The molecule has 2 amide bonds. The van der Waals surface area contributed by atoms with E-state index in [0.29, 0.717) is 24.8 Å². The molecule has 3 aliphatic heterocycles. The number of aromatic nitrogens is 2. The Labute approximate surface area is 153 Å². The molecule has 14 heteroatoms. The van der Waals surface area contributed by atoms with Crippen LogP contribution < -0.4 is 11.1 Å². The van der Waals surface area contributed by atoms with Crippen LogP contribution in [0.3, 0.4) is 0 Å². The van der Waals surface area contributed by atoms with Crippen LogP contribution >= 0.6 is 0 Å². The second kappa shape index (κ2) is 5.30. The third-order valence-electron chi connectivity index (χ3n) is 5.64. The van der Waals surface area contributed by atoms with Crippen molar-refractivity contribution in [2.45, 2.75) is 37.4 Å². The summed E-state index contributed by atoms with van der Waals surface area (Å²) in [6, 6.07) is -1.91. The summed E-state index contributed by atoms with van der Waals surface area (Å²) in [5.74, 6) is 0.882. The molecule has 2 saturated heterocycles. The third kappa shape index (κ3) is 2.62.